The molecule has 24 rings (SSSR count). The highest BCUT2D eigenvalue weighted by Gasteiger charge is 2.38. The van der Waals surface area contributed by atoms with Gasteiger partial charge in [0.05, 0.1) is 22.1 Å². The highest BCUT2D eigenvalue weighted by Crippen LogP contribution is 2.56. The fraction of sp³-hybridized carbons (Fsp3) is 0.0545. The molecule has 2 nitrogen and oxygen atoms in total. The fourth-order valence-corrected chi connectivity index (χ4v) is 20.2. The number of benzene rings is 20. The SMILES string of the molecule is CC1(C)c2cc(-c3ccc4ccccc4c3)ccc2-c2ccc(-c3cc4c5ccccc5c5c(c6ccccc6n5-c5ccccc5)c4c4ccccc34)cc21.CC1(C)c2cc(-c3cccc4ccccc34)ccc2-c2ccc(-c3cc4c5ccccc5c5c(c6ccccc6n5-c5ccccc5)c4c4ccccc34)cc21. The van der Waals surface area contributed by atoms with Crippen LogP contribution < -0.4 is 0 Å². The summed E-state index contributed by atoms with van der Waals surface area (Å²) in [6.07, 6.45) is 0. The first-order valence-electron chi connectivity index (χ1n) is 39.4. The van der Waals surface area contributed by atoms with Gasteiger partial charge in [-0.25, -0.2) is 0 Å². The van der Waals surface area contributed by atoms with E-state index in [-0.39, 0.29) is 10.8 Å². The first kappa shape index (κ1) is 64.1. The maximum atomic E-state index is 2.49. The third kappa shape index (κ3) is 9.33. The number of aromatic nitrogens is 2. The van der Waals surface area contributed by atoms with Gasteiger partial charge in [-0.15, -0.1) is 0 Å². The lowest BCUT2D eigenvalue weighted by atomic mass is 9.80. The summed E-state index contributed by atoms with van der Waals surface area (Å²) in [6.45, 7) is 9.60. The summed E-state index contributed by atoms with van der Waals surface area (Å²) in [5.41, 5.74) is 28.1. The predicted octanol–water partition coefficient (Wildman–Crippen LogP) is 30.1. The van der Waals surface area contributed by atoms with Crippen LogP contribution in [-0.4, -0.2) is 9.13 Å². The molecule has 0 aliphatic heterocycles. The van der Waals surface area contributed by atoms with E-state index in [4.69, 9.17) is 0 Å². The number of nitrogens with zero attached hydrogens (tertiary/aromatic N) is 2. The van der Waals surface area contributed by atoms with Gasteiger partial charge in [-0.2, -0.15) is 0 Å². The molecule has 2 aliphatic carbocycles. The van der Waals surface area contributed by atoms with Crippen molar-refractivity contribution in [2.24, 2.45) is 0 Å². The Morgan fingerprint density at radius 2 is 0.509 bits per heavy atom. The molecular formula is C110H74N2. The molecule has 0 amide bonds. The molecule has 0 unspecified atom stereocenters. The Kier molecular flexibility index (Phi) is 13.9. The summed E-state index contributed by atoms with van der Waals surface area (Å²) in [4.78, 5) is 0. The lowest BCUT2D eigenvalue weighted by Crippen LogP contribution is -2.15. The Bertz CT molecular complexity index is 7780. The molecule has 112 heavy (non-hydrogen) atoms. The summed E-state index contributed by atoms with van der Waals surface area (Å²) in [5, 5.41) is 25.7. The second-order valence-corrected chi connectivity index (χ2v) is 32.1. The number of hydrogen-bond donors (Lipinski definition) is 0. The summed E-state index contributed by atoms with van der Waals surface area (Å²) in [7, 11) is 0. The van der Waals surface area contributed by atoms with E-state index >= 15 is 0 Å². The molecule has 0 fully saturated rings. The zero-order valence-electron chi connectivity index (χ0n) is 62.7. The van der Waals surface area contributed by atoms with Crippen molar-refractivity contribution in [1.29, 1.82) is 0 Å². The minimum Gasteiger partial charge on any atom is -0.309 e. The molecule has 22 aromatic rings. The van der Waals surface area contributed by atoms with Crippen LogP contribution in [0.2, 0.25) is 0 Å². The number of rotatable bonds is 6. The third-order valence-corrected chi connectivity index (χ3v) is 25.5. The maximum Gasteiger partial charge on any atom is 0.0626 e. The van der Waals surface area contributed by atoms with Gasteiger partial charge in [0.2, 0.25) is 0 Å². The molecule has 0 spiro atoms. The van der Waals surface area contributed by atoms with Gasteiger partial charge in [0.25, 0.3) is 0 Å². The van der Waals surface area contributed by atoms with Crippen LogP contribution in [0.4, 0.5) is 0 Å². The molecule has 0 radical (unpaired) electrons. The third-order valence-electron chi connectivity index (χ3n) is 25.5. The summed E-state index contributed by atoms with van der Waals surface area (Å²) >= 11 is 0. The van der Waals surface area contributed by atoms with Gasteiger partial charge in [-0.05, 0) is 233 Å². The lowest BCUT2D eigenvalue weighted by molar-refractivity contribution is 0.660. The maximum absolute atomic E-state index is 2.49. The van der Waals surface area contributed by atoms with E-state index in [1.165, 1.54) is 230 Å². The van der Waals surface area contributed by atoms with Gasteiger partial charge in [0, 0.05) is 65.3 Å². The van der Waals surface area contributed by atoms with E-state index in [2.05, 4.69) is 413 Å². The van der Waals surface area contributed by atoms with Crippen molar-refractivity contribution in [1.82, 2.24) is 9.13 Å². The Morgan fingerprint density at radius 1 is 0.179 bits per heavy atom. The predicted molar refractivity (Wildman–Crippen MR) is 478 cm³/mol. The zero-order valence-corrected chi connectivity index (χ0v) is 62.7. The molecule has 0 bridgehead atoms. The van der Waals surface area contributed by atoms with Crippen molar-refractivity contribution in [2.75, 3.05) is 0 Å². The van der Waals surface area contributed by atoms with Crippen molar-refractivity contribution < 1.29 is 0 Å². The average molecular weight is 1420 g/mol. The molecule has 524 valence electrons. The van der Waals surface area contributed by atoms with Crippen LogP contribution in [0.15, 0.2) is 376 Å². The fourth-order valence-electron chi connectivity index (χ4n) is 20.2. The minimum absolute atomic E-state index is 0.154. The van der Waals surface area contributed by atoms with E-state index in [0.717, 1.165) is 0 Å². The van der Waals surface area contributed by atoms with Crippen molar-refractivity contribution in [3.8, 4) is 78.1 Å². The molecule has 0 N–H and O–H groups in total. The first-order valence-corrected chi connectivity index (χ1v) is 39.4. The molecule has 20 aromatic carbocycles. The highest BCUT2D eigenvalue weighted by atomic mass is 15.0. The van der Waals surface area contributed by atoms with E-state index in [0.29, 0.717) is 0 Å². The summed E-state index contributed by atoms with van der Waals surface area (Å²) in [5.74, 6) is 0. The minimum atomic E-state index is -0.161. The molecule has 2 heterocycles. The van der Waals surface area contributed by atoms with Gasteiger partial charge in [-0.3, -0.25) is 0 Å². The number of fused-ring (bicyclic) bond motifs is 28. The van der Waals surface area contributed by atoms with Crippen LogP contribution in [0, 0.1) is 0 Å². The molecule has 2 aromatic heterocycles. The van der Waals surface area contributed by atoms with Crippen LogP contribution >= 0.6 is 0 Å². The van der Waals surface area contributed by atoms with Crippen molar-refractivity contribution in [2.45, 2.75) is 38.5 Å². The van der Waals surface area contributed by atoms with E-state index < -0.39 is 0 Å². The molecule has 0 saturated heterocycles. The van der Waals surface area contributed by atoms with Crippen LogP contribution in [0.25, 0.3) is 208 Å². The van der Waals surface area contributed by atoms with Crippen LogP contribution in [-0.2, 0) is 10.8 Å². The van der Waals surface area contributed by atoms with Crippen molar-refractivity contribution in [3.63, 3.8) is 0 Å². The number of hydrogen-bond acceptors (Lipinski definition) is 0. The van der Waals surface area contributed by atoms with Crippen LogP contribution in [0.5, 0.6) is 0 Å². The number of para-hydroxylation sites is 4. The van der Waals surface area contributed by atoms with E-state index in [9.17, 15) is 0 Å². The lowest BCUT2D eigenvalue weighted by Gasteiger charge is -2.23. The van der Waals surface area contributed by atoms with Gasteiger partial charge >= 0.3 is 0 Å². The normalized spacial score (nSPS) is 13.3. The van der Waals surface area contributed by atoms with E-state index in [1.807, 2.05) is 0 Å². The van der Waals surface area contributed by atoms with Crippen molar-refractivity contribution in [3.05, 3.63) is 398 Å². The summed E-state index contributed by atoms with van der Waals surface area (Å²) < 4.78 is 4.95. The highest BCUT2D eigenvalue weighted by molar-refractivity contribution is 6.40. The van der Waals surface area contributed by atoms with Gasteiger partial charge < -0.3 is 9.13 Å². The van der Waals surface area contributed by atoms with Gasteiger partial charge in [0.15, 0.2) is 0 Å². The standard InChI is InChI=1S/2C55H37N/c1-55(2)49-31-35(39-25-14-16-34-15-6-7-19-38(34)39)27-29-42(49)43-30-28-36(32-50(43)55)47-33-48-41-21-9-11-23-45(41)54-53(52(48)44-22-10-8-20-40(44)47)46-24-12-13-26-51(46)56(54)37-17-4-3-5-18-37;1-55(2)49-31-37(36-25-24-34-14-6-7-15-35(34)30-36)26-28-42(49)43-29-27-38(32-50(43)55)47-33-48-41-19-9-11-21-45(41)54-53(52(48)44-20-10-8-18-40(44)47)46-22-12-13-23-51(46)56(54)39-16-4-3-5-17-39/h2*3-33H,1-2H3. The quantitative estimate of drug-likeness (QED) is 0.147. The largest absolute Gasteiger partial charge is 0.309 e. The van der Waals surface area contributed by atoms with E-state index in [1.54, 1.807) is 0 Å². The molecule has 0 atom stereocenters. The topological polar surface area (TPSA) is 9.86 Å². The molecule has 2 aliphatic rings. The second-order valence-electron chi connectivity index (χ2n) is 32.1. The van der Waals surface area contributed by atoms with Gasteiger partial charge in [0.1, 0.15) is 0 Å². The first-order chi connectivity index (χ1) is 55.1. The van der Waals surface area contributed by atoms with Crippen LogP contribution in [0.3, 0.4) is 0 Å². The zero-order chi connectivity index (χ0) is 74.2. The Hall–Kier alpha value is -13.9. The molecular weight excluding hydrogens is 1350 g/mol. The average Bonchev–Trinajstić information content (AvgIpc) is 1.47. The molecule has 0 saturated carbocycles. The Labute approximate surface area is 649 Å². The summed E-state index contributed by atoms with van der Waals surface area (Å²) in [6, 6.07) is 140. The van der Waals surface area contributed by atoms with Crippen molar-refractivity contribution >= 4 is 130 Å². The Balaban J connectivity index is 0.000000134. The van der Waals surface area contributed by atoms with Gasteiger partial charge in [-0.1, -0.05) is 325 Å². The monoisotopic (exact) mass is 1420 g/mol. The smallest absolute Gasteiger partial charge is 0.0626 e. The molecule has 2 heteroatoms. The second kappa shape index (κ2) is 24.3. The Morgan fingerprint density at radius 3 is 0.982 bits per heavy atom. The van der Waals surface area contributed by atoms with Crippen LogP contribution in [0.1, 0.15) is 49.9 Å².